The van der Waals surface area contributed by atoms with E-state index < -0.39 is 16.1 Å². The molecule has 6 nitrogen and oxygen atoms in total. The van der Waals surface area contributed by atoms with Crippen molar-refractivity contribution in [2.75, 3.05) is 27.0 Å². The fraction of sp³-hybridized carbons (Fsp3) is 0.667. The van der Waals surface area contributed by atoms with Crippen LogP contribution in [0.2, 0.25) is 0 Å². The Balaban J connectivity index is 1.87. The summed E-state index contributed by atoms with van der Waals surface area (Å²) in [6.07, 6.45) is -0.0252. The SMILES string of the molecule is COCO[C@@H]1CN(S(=O)(=O)c2ccc(C)cc2)C[C@H]2[C@H](C)[C@@H](O)C[C@@H]21. The number of fused-ring (bicyclic) bond motifs is 1. The topological polar surface area (TPSA) is 76.1 Å². The number of aliphatic hydroxyl groups excluding tert-OH is 1. The van der Waals surface area contributed by atoms with Crippen LogP contribution in [0.3, 0.4) is 0 Å². The van der Waals surface area contributed by atoms with Gasteiger partial charge < -0.3 is 14.6 Å². The van der Waals surface area contributed by atoms with E-state index in [1.807, 2.05) is 13.8 Å². The minimum Gasteiger partial charge on any atom is -0.393 e. The molecule has 1 heterocycles. The van der Waals surface area contributed by atoms with Crippen molar-refractivity contribution in [2.45, 2.75) is 37.4 Å². The molecule has 0 amide bonds. The number of sulfonamides is 1. The first-order valence-corrected chi connectivity index (χ1v) is 10.1. The summed E-state index contributed by atoms with van der Waals surface area (Å²) in [5.41, 5.74) is 1.02. The lowest BCUT2D eigenvalue weighted by Crippen LogP contribution is -2.51. The van der Waals surface area contributed by atoms with Crippen LogP contribution in [0, 0.1) is 24.7 Å². The maximum absolute atomic E-state index is 13.1. The van der Waals surface area contributed by atoms with E-state index in [1.165, 1.54) is 4.31 Å². The summed E-state index contributed by atoms with van der Waals surface area (Å²) in [5, 5.41) is 10.3. The van der Waals surface area contributed by atoms with Crippen molar-refractivity contribution >= 4 is 10.0 Å². The summed E-state index contributed by atoms with van der Waals surface area (Å²) in [6, 6.07) is 6.91. The maximum atomic E-state index is 13.1. The van der Waals surface area contributed by atoms with Gasteiger partial charge in [0, 0.05) is 20.2 Å². The molecule has 140 valence electrons. The van der Waals surface area contributed by atoms with Gasteiger partial charge in [0.1, 0.15) is 6.79 Å². The standard InChI is InChI=1S/C18H27NO5S/c1-12-4-6-14(7-5-12)25(21,22)19-9-16-13(2)17(20)8-15(16)18(10-19)24-11-23-3/h4-7,13,15-18,20H,8-11H2,1-3H3/t13-,15-,16-,17-,18+/m0/s1. The number of methoxy groups -OCH3 is 1. The van der Waals surface area contributed by atoms with Crippen molar-refractivity contribution in [3.8, 4) is 0 Å². The predicted octanol–water partition coefficient (Wildman–Crippen LogP) is 1.62. The van der Waals surface area contributed by atoms with E-state index >= 15 is 0 Å². The van der Waals surface area contributed by atoms with Crippen LogP contribution in [0.25, 0.3) is 0 Å². The monoisotopic (exact) mass is 369 g/mol. The van der Waals surface area contributed by atoms with Gasteiger partial charge in [0.15, 0.2) is 0 Å². The molecule has 1 aliphatic carbocycles. The molecule has 0 spiro atoms. The van der Waals surface area contributed by atoms with Gasteiger partial charge in [-0.2, -0.15) is 4.31 Å². The number of aryl methyl sites for hydroxylation is 1. The average molecular weight is 369 g/mol. The zero-order chi connectivity index (χ0) is 18.2. The summed E-state index contributed by atoms with van der Waals surface area (Å²) in [4.78, 5) is 0.299. The van der Waals surface area contributed by atoms with Crippen LogP contribution in [-0.2, 0) is 19.5 Å². The van der Waals surface area contributed by atoms with Crippen molar-refractivity contribution in [1.29, 1.82) is 0 Å². The third-order valence-corrected chi connectivity index (χ3v) is 7.53. The average Bonchev–Trinajstić information content (AvgIpc) is 2.88. The molecule has 25 heavy (non-hydrogen) atoms. The number of nitrogens with zero attached hydrogens (tertiary/aromatic N) is 1. The molecule has 3 rings (SSSR count). The van der Waals surface area contributed by atoms with E-state index in [1.54, 1.807) is 31.4 Å². The quantitative estimate of drug-likeness (QED) is 0.798. The number of piperidine rings is 1. The zero-order valence-electron chi connectivity index (χ0n) is 15.0. The largest absolute Gasteiger partial charge is 0.393 e. The maximum Gasteiger partial charge on any atom is 0.243 e. The van der Waals surface area contributed by atoms with E-state index in [2.05, 4.69) is 0 Å². The number of ether oxygens (including phenoxy) is 2. The van der Waals surface area contributed by atoms with Gasteiger partial charge in [-0.1, -0.05) is 24.6 Å². The van der Waals surface area contributed by atoms with E-state index in [-0.39, 0.29) is 30.7 Å². The predicted molar refractivity (Wildman–Crippen MR) is 93.5 cm³/mol. The molecular weight excluding hydrogens is 342 g/mol. The molecule has 1 aromatic carbocycles. The minimum atomic E-state index is -3.59. The second kappa shape index (κ2) is 7.32. The molecule has 1 saturated heterocycles. The van der Waals surface area contributed by atoms with E-state index in [9.17, 15) is 13.5 Å². The van der Waals surface area contributed by atoms with Crippen LogP contribution >= 0.6 is 0 Å². The fourth-order valence-electron chi connectivity index (χ4n) is 4.11. The molecule has 2 aliphatic rings. The second-order valence-electron chi connectivity index (χ2n) is 7.24. The molecular formula is C18H27NO5S. The zero-order valence-corrected chi connectivity index (χ0v) is 15.8. The number of hydrogen-bond donors (Lipinski definition) is 1. The van der Waals surface area contributed by atoms with Crippen LogP contribution < -0.4 is 0 Å². The number of hydrogen-bond acceptors (Lipinski definition) is 5. The fourth-order valence-corrected chi connectivity index (χ4v) is 5.60. The van der Waals surface area contributed by atoms with E-state index in [0.29, 0.717) is 24.4 Å². The van der Waals surface area contributed by atoms with Gasteiger partial charge in [0.05, 0.1) is 17.1 Å². The first kappa shape index (κ1) is 18.8. The van der Waals surface area contributed by atoms with Gasteiger partial charge in [-0.3, -0.25) is 0 Å². The summed E-state index contributed by atoms with van der Waals surface area (Å²) >= 11 is 0. The summed E-state index contributed by atoms with van der Waals surface area (Å²) < 4.78 is 38.4. The number of aliphatic hydroxyl groups is 1. The molecule has 5 atom stereocenters. The first-order chi connectivity index (χ1) is 11.8. The molecule has 0 unspecified atom stereocenters. The Labute approximate surface area is 149 Å². The Morgan fingerprint density at radius 2 is 1.88 bits per heavy atom. The Morgan fingerprint density at radius 1 is 1.20 bits per heavy atom. The Bertz CT molecular complexity index is 690. The van der Waals surface area contributed by atoms with Crippen molar-refractivity contribution in [2.24, 2.45) is 17.8 Å². The first-order valence-electron chi connectivity index (χ1n) is 8.70. The Hall–Kier alpha value is -0.990. The summed E-state index contributed by atoms with van der Waals surface area (Å²) in [6.45, 7) is 4.76. The van der Waals surface area contributed by atoms with Gasteiger partial charge >= 0.3 is 0 Å². The Morgan fingerprint density at radius 3 is 2.52 bits per heavy atom. The molecule has 0 bridgehead atoms. The van der Waals surface area contributed by atoms with Gasteiger partial charge in [-0.25, -0.2) is 8.42 Å². The molecule has 0 radical (unpaired) electrons. The van der Waals surface area contributed by atoms with E-state index in [4.69, 9.17) is 9.47 Å². The lowest BCUT2D eigenvalue weighted by Gasteiger charge is -2.40. The number of rotatable bonds is 5. The number of benzene rings is 1. The van der Waals surface area contributed by atoms with Crippen LogP contribution in [-0.4, -0.2) is 57.0 Å². The van der Waals surface area contributed by atoms with Crippen LogP contribution in [0.5, 0.6) is 0 Å². The van der Waals surface area contributed by atoms with E-state index in [0.717, 1.165) is 5.56 Å². The minimum absolute atomic E-state index is 0.0506. The molecule has 1 N–H and O–H groups in total. The lowest BCUT2D eigenvalue weighted by atomic mass is 9.83. The third kappa shape index (κ3) is 3.61. The van der Waals surface area contributed by atoms with Crippen LogP contribution in [0.1, 0.15) is 18.9 Å². The van der Waals surface area contributed by atoms with Gasteiger partial charge in [-0.15, -0.1) is 0 Å². The van der Waals surface area contributed by atoms with Gasteiger partial charge in [0.25, 0.3) is 0 Å². The van der Waals surface area contributed by atoms with Gasteiger partial charge in [-0.05, 0) is 43.2 Å². The van der Waals surface area contributed by atoms with Crippen molar-refractivity contribution < 1.29 is 23.0 Å². The molecule has 1 aromatic rings. The van der Waals surface area contributed by atoms with Crippen molar-refractivity contribution in [1.82, 2.24) is 4.31 Å². The lowest BCUT2D eigenvalue weighted by molar-refractivity contribution is -0.114. The highest BCUT2D eigenvalue weighted by Crippen LogP contribution is 2.44. The highest BCUT2D eigenvalue weighted by atomic mass is 32.2. The molecule has 7 heteroatoms. The highest BCUT2D eigenvalue weighted by Gasteiger charge is 2.50. The molecule has 1 saturated carbocycles. The summed E-state index contributed by atoms with van der Waals surface area (Å²) in [7, 11) is -2.04. The molecule has 2 fully saturated rings. The van der Waals surface area contributed by atoms with Crippen molar-refractivity contribution in [3.05, 3.63) is 29.8 Å². The molecule has 0 aromatic heterocycles. The normalized spacial score (nSPS) is 33.4. The third-order valence-electron chi connectivity index (χ3n) is 5.68. The highest BCUT2D eigenvalue weighted by molar-refractivity contribution is 7.89. The van der Waals surface area contributed by atoms with Gasteiger partial charge in [0.2, 0.25) is 10.0 Å². The van der Waals surface area contributed by atoms with Crippen LogP contribution in [0.15, 0.2) is 29.2 Å². The van der Waals surface area contributed by atoms with Crippen molar-refractivity contribution in [3.63, 3.8) is 0 Å². The van der Waals surface area contributed by atoms with Crippen LogP contribution in [0.4, 0.5) is 0 Å². The molecule has 1 aliphatic heterocycles. The second-order valence-corrected chi connectivity index (χ2v) is 9.17. The summed E-state index contributed by atoms with van der Waals surface area (Å²) in [5.74, 6) is 0.296. The smallest absolute Gasteiger partial charge is 0.243 e. The Kier molecular flexibility index (Phi) is 5.51.